The molecule has 0 aromatic rings. The molecule has 1 fully saturated rings. The standard InChI is InChI=1S/C15H32N2O/c1-5-16-14-7-8-15(3,4)11-13(14)12-17(6-2)9-10-18/h13-14,16,18H,5-12H2,1-4H3. The highest BCUT2D eigenvalue weighted by atomic mass is 16.3. The van der Waals surface area contributed by atoms with E-state index in [2.05, 4.69) is 37.9 Å². The molecule has 0 bridgehead atoms. The molecule has 0 aliphatic heterocycles. The van der Waals surface area contributed by atoms with Gasteiger partial charge in [0.05, 0.1) is 6.61 Å². The van der Waals surface area contributed by atoms with Crippen LogP contribution in [-0.4, -0.2) is 48.8 Å². The first-order valence-electron chi connectivity index (χ1n) is 7.59. The van der Waals surface area contributed by atoms with Crippen molar-refractivity contribution in [2.24, 2.45) is 11.3 Å². The maximum atomic E-state index is 9.11. The molecule has 0 spiro atoms. The molecular weight excluding hydrogens is 224 g/mol. The highest BCUT2D eigenvalue weighted by Crippen LogP contribution is 2.39. The monoisotopic (exact) mass is 256 g/mol. The van der Waals surface area contributed by atoms with Gasteiger partial charge in [-0.15, -0.1) is 0 Å². The zero-order chi connectivity index (χ0) is 13.6. The van der Waals surface area contributed by atoms with Crippen molar-refractivity contribution < 1.29 is 5.11 Å². The van der Waals surface area contributed by atoms with E-state index in [9.17, 15) is 0 Å². The van der Waals surface area contributed by atoms with Gasteiger partial charge < -0.3 is 15.3 Å². The minimum atomic E-state index is 0.274. The van der Waals surface area contributed by atoms with Gasteiger partial charge in [-0.2, -0.15) is 0 Å². The Labute approximate surface area is 113 Å². The van der Waals surface area contributed by atoms with Gasteiger partial charge in [-0.1, -0.05) is 27.7 Å². The van der Waals surface area contributed by atoms with E-state index in [0.29, 0.717) is 11.5 Å². The molecule has 3 nitrogen and oxygen atoms in total. The number of nitrogens with one attached hydrogen (secondary N) is 1. The van der Waals surface area contributed by atoms with Crippen LogP contribution in [0.5, 0.6) is 0 Å². The number of nitrogens with zero attached hydrogens (tertiary/aromatic N) is 1. The molecule has 0 amide bonds. The first-order chi connectivity index (χ1) is 8.52. The Morgan fingerprint density at radius 3 is 2.61 bits per heavy atom. The smallest absolute Gasteiger partial charge is 0.0558 e. The van der Waals surface area contributed by atoms with Crippen LogP contribution in [-0.2, 0) is 0 Å². The number of hydrogen-bond acceptors (Lipinski definition) is 3. The summed E-state index contributed by atoms with van der Waals surface area (Å²) in [6.07, 6.45) is 3.92. The molecule has 1 saturated carbocycles. The number of likely N-dealkylation sites (N-methyl/N-ethyl adjacent to an activating group) is 1. The molecule has 1 rings (SSSR count). The van der Waals surface area contributed by atoms with Crippen molar-refractivity contribution in [1.82, 2.24) is 10.2 Å². The summed E-state index contributed by atoms with van der Waals surface area (Å²) in [6.45, 7) is 13.5. The Balaban J connectivity index is 2.59. The zero-order valence-corrected chi connectivity index (χ0v) is 12.7. The van der Waals surface area contributed by atoms with Crippen LogP contribution in [0.2, 0.25) is 0 Å². The van der Waals surface area contributed by atoms with Crippen LogP contribution in [0.4, 0.5) is 0 Å². The van der Waals surface area contributed by atoms with E-state index in [1.807, 2.05) is 0 Å². The summed E-state index contributed by atoms with van der Waals surface area (Å²) in [4.78, 5) is 2.39. The molecular formula is C15H32N2O. The van der Waals surface area contributed by atoms with Gasteiger partial charge in [-0.05, 0) is 43.7 Å². The lowest BCUT2D eigenvalue weighted by atomic mass is 9.69. The molecule has 2 unspecified atom stereocenters. The van der Waals surface area contributed by atoms with Crippen molar-refractivity contribution >= 4 is 0 Å². The molecule has 1 aliphatic carbocycles. The summed E-state index contributed by atoms with van der Waals surface area (Å²) in [5.41, 5.74) is 0.481. The van der Waals surface area contributed by atoms with Gasteiger partial charge >= 0.3 is 0 Å². The van der Waals surface area contributed by atoms with E-state index in [1.165, 1.54) is 19.3 Å². The predicted molar refractivity (Wildman–Crippen MR) is 77.8 cm³/mol. The first-order valence-corrected chi connectivity index (χ1v) is 7.59. The zero-order valence-electron chi connectivity index (χ0n) is 12.7. The van der Waals surface area contributed by atoms with E-state index in [4.69, 9.17) is 5.11 Å². The maximum Gasteiger partial charge on any atom is 0.0558 e. The summed E-state index contributed by atoms with van der Waals surface area (Å²) < 4.78 is 0. The first kappa shape index (κ1) is 15.9. The van der Waals surface area contributed by atoms with Gasteiger partial charge in [0.2, 0.25) is 0 Å². The second-order valence-corrected chi connectivity index (χ2v) is 6.45. The van der Waals surface area contributed by atoms with Crippen LogP contribution in [0.25, 0.3) is 0 Å². The Hall–Kier alpha value is -0.120. The van der Waals surface area contributed by atoms with E-state index >= 15 is 0 Å². The third kappa shape index (κ3) is 4.87. The molecule has 0 aromatic carbocycles. The highest BCUT2D eigenvalue weighted by molar-refractivity contribution is 4.90. The van der Waals surface area contributed by atoms with E-state index in [-0.39, 0.29) is 6.61 Å². The Morgan fingerprint density at radius 1 is 1.33 bits per heavy atom. The number of hydrogen-bond donors (Lipinski definition) is 2. The largest absolute Gasteiger partial charge is 0.395 e. The molecule has 2 N–H and O–H groups in total. The fourth-order valence-corrected chi connectivity index (χ4v) is 3.31. The maximum absolute atomic E-state index is 9.11. The van der Waals surface area contributed by atoms with E-state index < -0.39 is 0 Å². The van der Waals surface area contributed by atoms with Crippen LogP contribution < -0.4 is 5.32 Å². The van der Waals surface area contributed by atoms with Gasteiger partial charge in [0, 0.05) is 19.1 Å². The average molecular weight is 256 g/mol. The van der Waals surface area contributed by atoms with Crippen LogP contribution in [0.1, 0.15) is 47.0 Å². The SMILES string of the molecule is CCNC1CCC(C)(C)CC1CN(CC)CCO. The second-order valence-electron chi connectivity index (χ2n) is 6.45. The molecule has 0 aromatic heterocycles. The fourth-order valence-electron chi connectivity index (χ4n) is 3.31. The molecule has 2 atom stereocenters. The van der Waals surface area contributed by atoms with Crippen LogP contribution >= 0.6 is 0 Å². The Bertz CT molecular complexity index is 231. The molecule has 3 heteroatoms. The summed E-state index contributed by atoms with van der Waals surface area (Å²) in [7, 11) is 0. The topological polar surface area (TPSA) is 35.5 Å². The third-order valence-electron chi connectivity index (χ3n) is 4.34. The Kier molecular flexibility index (Phi) is 6.61. The molecule has 108 valence electrons. The summed E-state index contributed by atoms with van der Waals surface area (Å²) in [5, 5.41) is 12.8. The predicted octanol–water partition coefficient (Wildman–Crippen LogP) is 2.11. The van der Waals surface area contributed by atoms with Crippen LogP contribution in [0.3, 0.4) is 0 Å². The van der Waals surface area contributed by atoms with Crippen molar-refractivity contribution in [1.29, 1.82) is 0 Å². The molecule has 18 heavy (non-hydrogen) atoms. The minimum Gasteiger partial charge on any atom is -0.395 e. The normalized spacial score (nSPS) is 27.7. The van der Waals surface area contributed by atoms with Crippen LogP contribution in [0.15, 0.2) is 0 Å². The minimum absolute atomic E-state index is 0.274. The van der Waals surface area contributed by atoms with Gasteiger partial charge in [-0.25, -0.2) is 0 Å². The van der Waals surface area contributed by atoms with Crippen molar-refractivity contribution in [3.05, 3.63) is 0 Å². The van der Waals surface area contributed by atoms with Gasteiger partial charge in [0.25, 0.3) is 0 Å². The number of aliphatic hydroxyl groups is 1. The van der Waals surface area contributed by atoms with Crippen molar-refractivity contribution in [3.63, 3.8) is 0 Å². The molecule has 0 heterocycles. The highest BCUT2D eigenvalue weighted by Gasteiger charge is 2.34. The molecule has 0 saturated heterocycles. The third-order valence-corrected chi connectivity index (χ3v) is 4.34. The van der Waals surface area contributed by atoms with Gasteiger partial charge in [0.1, 0.15) is 0 Å². The quantitative estimate of drug-likeness (QED) is 0.732. The summed E-state index contributed by atoms with van der Waals surface area (Å²) >= 11 is 0. The van der Waals surface area contributed by atoms with Gasteiger partial charge in [0.15, 0.2) is 0 Å². The second kappa shape index (κ2) is 7.46. The number of aliphatic hydroxyl groups excluding tert-OH is 1. The van der Waals surface area contributed by atoms with Crippen molar-refractivity contribution in [2.45, 2.75) is 53.0 Å². The number of rotatable bonds is 7. The Morgan fingerprint density at radius 2 is 2.06 bits per heavy atom. The molecule has 0 radical (unpaired) electrons. The van der Waals surface area contributed by atoms with E-state index in [0.717, 1.165) is 32.1 Å². The summed E-state index contributed by atoms with van der Waals surface area (Å²) in [5.74, 6) is 0.722. The molecule has 1 aliphatic rings. The average Bonchev–Trinajstić information content (AvgIpc) is 2.31. The lowest BCUT2D eigenvalue weighted by Gasteiger charge is -2.43. The van der Waals surface area contributed by atoms with Crippen molar-refractivity contribution in [3.8, 4) is 0 Å². The van der Waals surface area contributed by atoms with Crippen molar-refractivity contribution in [2.75, 3.05) is 32.8 Å². The van der Waals surface area contributed by atoms with E-state index in [1.54, 1.807) is 0 Å². The summed E-state index contributed by atoms with van der Waals surface area (Å²) in [6, 6.07) is 0.663. The van der Waals surface area contributed by atoms with Crippen LogP contribution in [0, 0.1) is 11.3 Å². The van der Waals surface area contributed by atoms with Gasteiger partial charge in [-0.3, -0.25) is 0 Å². The fraction of sp³-hybridized carbons (Fsp3) is 1.00. The lowest BCUT2D eigenvalue weighted by Crippen LogP contribution is -2.47. The lowest BCUT2D eigenvalue weighted by molar-refractivity contribution is 0.0940.